The first-order valence-electron chi connectivity index (χ1n) is 10.7. The van der Waals surface area contributed by atoms with Crippen molar-refractivity contribution >= 4 is 29.5 Å². The summed E-state index contributed by atoms with van der Waals surface area (Å²) in [6.45, 7) is 5.50. The number of carbonyl (C=O) groups excluding carboxylic acids is 3. The van der Waals surface area contributed by atoms with E-state index >= 15 is 0 Å². The van der Waals surface area contributed by atoms with Crippen molar-refractivity contribution in [2.24, 2.45) is 0 Å². The van der Waals surface area contributed by atoms with Crippen LogP contribution in [0, 0.1) is 0 Å². The summed E-state index contributed by atoms with van der Waals surface area (Å²) in [4.78, 5) is 37.5. The zero-order chi connectivity index (χ0) is 23.3. The van der Waals surface area contributed by atoms with Crippen LogP contribution in [0.3, 0.4) is 0 Å². The lowest BCUT2D eigenvalue weighted by Gasteiger charge is -2.34. The number of rotatable bonds is 8. The Morgan fingerprint density at radius 2 is 2.00 bits per heavy atom. The van der Waals surface area contributed by atoms with Crippen molar-refractivity contribution < 1.29 is 28.6 Å². The third-order valence-corrected chi connectivity index (χ3v) is 6.30. The minimum Gasteiger partial charge on any atom is -0.493 e. The highest BCUT2D eigenvalue weighted by Crippen LogP contribution is 2.44. The number of methoxy groups -OCH3 is 1. The smallest absolute Gasteiger partial charge is 0.336 e. The van der Waals surface area contributed by atoms with Crippen LogP contribution in [0.15, 0.2) is 40.7 Å². The van der Waals surface area contributed by atoms with E-state index in [1.54, 1.807) is 30.0 Å². The van der Waals surface area contributed by atoms with Crippen molar-refractivity contribution in [3.05, 3.63) is 46.3 Å². The van der Waals surface area contributed by atoms with Crippen LogP contribution < -0.4 is 14.8 Å². The van der Waals surface area contributed by atoms with Crippen molar-refractivity contribution in [3.63, 3.8) is 0 Å². The summed E-state index contributed by atoms with van der Waals surface area (Å²) in [5, 5.41) is 3.28. The maximum Gasteiger partial charge on any atom is 0.336 e. The Morgan fingerprint density at radius 1 is 1.22 bits per heavy atom. The van der Waals surface area contributed by atoms with Crippen LogP contribution in [0.4, 0.5) is 0 Å². The third kappa shape index (κ3) is 5.18. The van der Waals surface area contributed by atoms with Gasteiger partial charge in [0.05, 0.1) is 12.7 Å². The molecule has 0 saturated carbocycles. The van der Waals surface area contributed by atoms with Gasteiger partial charge < -0.3 is 19.5 Å². The summed E-state index contributed by atoms with van der Waals surface area (Å²) >= 11 is 1.69. The molecule has 7 nitrogen and oxygen atoms in total. The largest absolute Gasteiger partial charge is 0.493 e. The van der Waals surface area contributed by atoms with E-state index < -0.39 is 17.9 Å². The Balaban J connectivity index is 2.04. The van der Waals surface area contributed by atoms with Crippen molar-refractivity contribution in [2.75, 3.05) is 25.2 Å². The molecule has 0 spiro atoms. The summed E-state index contributed by atoms with van der Waals surface area (Å²) in [6.07, 6.45) is 1.95. The molecule has 1 atom stereocenters. The molecule has 32 heavy (non-hydrogen) atoms. The van der Waals surface area contributed by atoms with E-state index in [1.807, 2.05) is 6.92 Å². The molecule has 1 aromatic rings. The topological polar surface area (TPSA) is 90.9 Å². The first-order valence-corrected chi connectivity index (χ1v) is 11.9. The van der Waals surface area contributed by atoms with Gasteiger partial charge in [-0.2, -0.15) is 11.8 Å². The van der Waals surface area contributed by atoms with Crippen LogP contribution in [0.25, 0.3) is 0 Å². The number of benzene rings is 1. The predicted molar refractivity (Wildman–Crippen MR) is 123 cm³/mol. The zero-order valence-electron chi connectivity index (χ0n) is 18.9. The molecule has 0 bridgehead atoms. The van der Waals surface area contributed by atoms with Gasteiger partial charge in [-0.3, -0.25) is 9.59 Å². The Labute approximate surface area is 192 Å². The highest BCUT2D eigenvalue weighted by atomic mass is 32.2. The average Bonchev–Trinajstić information content (AvgIpc) is 2.75. The van der Waals surface area contributed by atoms with Crippen LogP contribution in [-0.2, 0) is 19.1 Å². The van der Waals surface area contributed by atoms with Gasteiger partial charge in [-0.05, 0) is 43.2 Å². The van der Waals surface area contributed by atoms with Crippen LogP contribution in [0.1, 0.15) is 51.5 Å². The van der Waals surface area contributed by atoms with Gasteiger partial charge in [0.25, 0.3) is 0 Å². The molecule has 8 heteroatoms. The molecule has 1 aromatic carbocycles. The zero-order valence-corrected chi connectivity index (χ0v) is 19.7. The van der Waals surface area contributed by atoms with Crippen LogP contribution in [-0.4, -0.2) is 42.9 Å². The molecule has 0 radical (unpaired) electrons. The number of ketones is 1. The normalized spacial score (nSPS) is 18.1. The number of esters is 2. The number of dihydropyridines is 1. The van der Waals surface area contributed by atoms with E-state index in [0.29, 0.717) is 46.9 Å². The molecule has 1 aliphatic heterocycles. The predicted octanol–water partition coefficient (Wildman–Crippen LogP) is 3.88. The van der Waals surface area contributed by atoms with E-state index in [9.17, 15) is 14.4 Å². The number of allylic oxidation sites excluding steroid dienone is 3. The van der Waals surface area contributed by atoms with Gasteiger partial charge in [0.15, 0.2) is 17.3 Å². The summed E-state index contributed by atoms with van der Waals surface area (Å²) in [5.41, 5.74) is 3.25. The number of Topliss-reactive ketones (excluding diaryl/α,β-unsaturated/α-hetero) is 1. The number of carbonyl (C=O) groups is 3. The van der Waals surface area contributed by atoms with E-state index in [4.69, 9.17) is 14.2 Å². The van der Waals surface area contributed by atoms with E-state index in [1.165, 1.54) is 14.0 Å². The lowest BCUT2D eigenvalue weighted by atomic mass is 9.75. The molecule has 0 saturated heterocycles. The first kappa shape index (κ1) is 23.9. The molecule has 0 fully saturated rings. The standard InChI is InChI=1S/C24H29NO6S/c1-5-32-12-11-30-24(28)21-14(2)25-17-7-6-8-18(27)23(17)22(21)16-9-10-19(31-15(3)26)20(13-16)29-4/h9-10,13,22,25H,5-8,11-12H2,1-4H3/t22-/m0/s1. The van der Waals surface area contributed by atoms with Gasteiger partial charge in [0.1, 0.15) is 6.61 Å². The molecule has 2 aliphatic rings. The van der Waals surface area contributed by atoms with Crippen molar-refractivity contribution in [3.8, 4) is 11.5 Å². The molecule has 1 N–H and O–H groups in total. The van der Waals surface area contributed by atoms with Gasteiger partial charge in [-0.15, -0.1) is 0 Å². The molecule has 0 unspecified atom stereocenters. The monoisotopic (exact) mass is 459 g/mol. The fraction of sp³-hybridized carbons (Fsp3) is 0.458. The van der Waals surface area contributed by atoms with Gasteiger partial charge in [0, 0.05) is 42.0 Å². The minimum atomic E-state index is -0.578. The summed E-state index contributed by atoms with van der Waals surface area (Å²) in [7, 11) is 1.48. The second kappa shape index (κ2) is 10.7. The third-order valence-electron chi connectivity index (χ3n) is 5.44. The number of hydrogen-bond acceptors (Lipinski definition) is 8. The maximum absolute atomic E-state index is 13.1. The fourth-order valence-corrected chi connectivity index (χ4v) is 4.60. The quantitative estimate of drug-likeness (QED) is 0.356. The average molecular weight is 460 g/mol. The maximum atomic E-state index is 13.1. The minimum absolute atomic E-state index is 0.0196. The SMILES string of the molecule is CCSCCOC(=O)C1=C(C)NC2=C(C(=O)CCC2)[C@H]1c1ccc(OC(C)=O)c(OC)c1. The van der Waals surface area contributed by atoms with E-state index in [-0.39, 0.29) is 11.5 Å². The lowest BCUT2D eigenvalue weighted by molar-refractivity contribution is -0.138. The molecule has 0 amide bonds. The highest BCUT2D eigenvalue weighted by molar-refractivity contribution is 7.99. The van der Waals surface area contributed by atoms with E-state index in [0.717, 1.165) is 24.3 Å². The van der Waals surface area contributed by atoms with Crippen LogP contribution in [0.2, 0.25) is 0 Å². The summed E-state index contributed by atoms with van der Waals surface area (Å²) < 4.78 is 16.2. The molecule has 1 aliphatic carbocycles. The molecule has 172 valence electrons. The number of ether oxygens (including phenoxy) is 3. The summed E-state index contributed by atoms with van der Waals surface area (Å²) in [6, 6.07) is 5.10. The Morgan fingerprint density at radius 3 is 2.69 bits per heavy atom. The molecule has 1 heterocycles. The van der Waals surface area contributed by atoms with Crippen molar-refractivity contribution in [1.82, 2.24) is 5.32 Å². The lowest BCUT2D eigenvalue weighted by Crippen LogP contribution is -2.34. The van der Waals surface area contributed by atoms with Gasteiger partial charge in [-0.25, -0.2) is 4.79 Å². The molecule has 3 rings (SSSR count). The van der Waals surface area contributed by atoms with Gasteiger partial charge in [0.2, 0.25) is 0 Å². The Hall–Kier alpha value is -2.74. The van der Waals surface area contributed by atoms with Gasteiger partial charge >= 0.3 is 11.9 Å². The molecule has 0 aromatic heterocycles. The Bertz CT molecular complexity index is 981. The highest BCUT2D eigenvalue weighted by Gasteiger charge is 2.39. The van der Waals surface area contributed by atoms with Gasteiger partial charge in [-0.1, -0.05) is 13.0 Å². The van der Waals surface area contributed by atoms with Crippen molar-refractivity contribution in [1.29, 1.82) is 0 Å². The second-order valence-corrected chi connectivity index (χ2v) is 9.00. The summed E-state index contributed by atoms with van der Waals surface area (Å²) in [5.74, 6) is 0.832. The Kier molecular flexibility index (Phi) is 8.01. The fourth-order valence-electron chi connectivity index (χ4n) is 4.11. The number of thioether (sulfide) groups is 1. The molecular formula is C24H29NO6S. The van der Waals surface area contributed by atoms with Crippen LogP contribution >= 0.6 is 11.8 Å². The molecular weight excluding hydrogens is 430 g/mol. The first-order chi connectivity index (χ1) is 15.4. The second-order valence-electron chi connectivity index (χ2n) is 7.60. The van der Waals surface area contributed by atoms with Crippen molar-refractivity contribution in [2.45, 2.75) is 46.0 Å². The number of hydrogen-bond donors (Lipinski definition) is 1. The number of nitrogens with one attached hydrogen (secondary N) is 1. The van der Waals surface area contributed by atoms with Crippen LogP contribution in [0.5, 0.6) is 11.5 Å². The van der Waals surface area contributed by atoms with E-state index in [2.05, 4.69) is 12.2 Å².